The molecule has 1 saturated heterocycles. The van der Waals surface area contributed by atoms with E-state index >= 15 is 0 Å². The van der Waals surface area contributed by atoms with Crippen LogP contribution in [-0.4, -0.2) is 111 Å². The fourth-order valence-corrected chi connectivity index (χ4v) is 4.19. The first kappa shape index (κ1) is 27.3. The zero-order valence-electron chi connectivity index (χ0n) is 19.4. The SMILES string of the molecule is CC(C)NC(=S)Nc1ccc(CC2CN(CC(=O)O)CCN(C(=O)O)CCN2CC(=O)O)cc1. The van der Waals surface area contributed by atoms with Crippen LogP contribution in [-0.2, 0) is 16.0 Å². The average molecular weight is 496 g/mol. The van der Waals surface area contributed by atoms with Crippen molar-refractivity contribution < 1.29 is 29.7 Å². The molecule has 12 heteroatoms. The monoisotopic (exact) mass is 495 g/mol. The molecule has 1 aliphatic rings. The summed E-state index contributed by atoms with van der Waals surface area (Å²) in [6, 6.07) is 7.47. The normalized spacial score (nSPS) is 18.0. The number of thiocarbonyl (C=S) groups is 1. The van der Waals surface area contributed by atoms with Crippen LogP contribution in [0.1, 0.15) is 19.4 Å². The summed E-state index contributed by atoms with van der Waals surface area (Å²) in [5.74, 6) is -2.05. The summed E-state index contributed by atoms with van der Waals surface area (Å²) in [5, 5.41) is 34.9. The van der Waals surface area contributed by atoms with Gasteiger partial charge in [0.1, 0.15) is 0 Å². The van der Waals surface area contributed by atoms with Gasteiger partial charge in [-0.1, -0.05) is 12.1 Å². The Kier molecular flexibility index (Phi) is 10.5. The van der Waals surface area contributed by atoms with Gasteiger partial charge in [-0.25, -0.2) is 4.79 Å². The molecule has 0 saturated carbocycles. The molecule has 0 radical (unpaired) electrons. The summed E-state index contributed by atoms with van der Waals surface area (Å²) in [7, 11) is 0. The topological polar surface area (TPSA) is 146 Å². The van der Waals surface area contributed by atoms with Crippen molar-refractivity contribution in [2.75, 3.05) is 51.1 Å². The summed E-state index contributed by atoms with van der Waals surface area (Å²) >= 11 is 5.26. The Morgan fingerprint density at radius 3 is 2.18 bits per heavy atom. The second kappa shape index (κ2) is 13.1. The van der Waals surface area contributed by atoms with E-state index in [0.29, 0.717) is 18.1 Å². The van der Waals surface area contributed by atoms with Crippen molar-refractivity contribution in [3.05, 3.63) is 29.8 Å². The van der Waals surface area contributed by atoms with E-state index in [2.05, 4.69) is 10.6 Å². The molecule has 0 aromatic heterocycles. The summed E-state index contributed by atoms with van der Waals surface area (Å²) in [6.45, 7) is 4.53. The second-order valence-electron chi connectivity index (χ2n) is 8.57. The van der Waals surface area contributed by atoms with E-state index in [4.69, 9.17) is 12.2 Å². The number of hydrogen-bond acceptors (Lipinski definition) is 6. The minimum Gasteiger partial charge on any atom is -0.480 e. The van der Waals surface area contributed by atoms with E-state index in [0.717, 1.165) is 11.3 Å². The Balaban J connectivity index is 2.22. The van der Waals surface area contributed by atoms with E-state index < -0.39 is 18.0 Å². The van der Waals surface area contributed by atoms with Crippen molar-refractivity contribution in [3.63, 3.8) is 0 Å². The van der Waals surface area contributed by atoms with Crippen LogP contribution < -0.4 is 10.6 Å². The maximum atomic E-state index is 11.6. The maximum absolute atomic E-state index is 11.6. The van der Waals surface area contributed by atoms with Gasteiger partial charge in [-0.3, -0.25) is 19.4 Å². The summed E-state index contributed by atoms with van der Waals surface area (Å²) in [6.07, 6.45) is -0.636. The predicted molar refractivity (Wildman–Crippen MR) is 131 cm³/mol. The third-order valence-electron chi connectivity index (χ3n) is 5.40. The minimum atomic E-state index is -1.11. The average Bonchev–Trinajstić information content (AvgIpc) is 2.78. The molecule has 1 aromatic rings. The lowest BCUT2D eigenvalue weighted by molar-refractivity contribution is -0.140. The molecule has 11 nitrogen and oxygen atoms in total. The molecule has 188 valence electrons. The van der Waals surface area contributed by atoms with Crippen molar-refractivity contribution in [1.82, 2.24) is 20.0 Å². The van der Waals surface area contributed by atoms with Crippen molar-refractivity contribution in [1.29, 1.82) is 0 Å². The number of nitrogens with zero attached hydrogens (tertiary/aromatic N) is 3. The molecule has 1 atom stereocenters. The van der Waals surface area contributed by atoms with E-state index in [1.165, 1.54) is 4.90 Å². The maximum Gasteiger partial charge on any atom is 0.407 e. The molecule has 1 aliphatic heterocycles. The van der Waals surface area contributed by atoms with Crippen molar-refractivity contribution >= 4 is 41.0 Å². The smallest absolute Gasteiger partial charge is 0.407 e. The van der Waals surface area contributed by atoms with E-state index in [-0.39, 0.29) is 51.4 Å². The van der Waals surface area contributed by atoms with Gasteiger partial charge >= 0.3 is 18.0 Å². The van der Waals surface area contributed by atoms with Crippen molar-refractivity contribution in [2.45, 2.75) is 32.4 Å². The lowest BCUT2D eigenvalue weighted by atomic mass is 10.0. The van der Waals surface area contributed by atoms with Gasteiger partial charge in [-0.2, -0.15) is 0 Å². The van der Waals surface area contributed by atoms with Gasteiger partial charge in [0.15, 0.2) is 5.11 Å². The number of aliphatic carboxylic acids is 2. The predicted octanol–water partition coefficient (Wildman–Crippen LogP) is 1.06. The number of rotatable bonds is 8. The molecular weight excluding hydrogens is 462 g/mol. The quantitative estimate of drug-likeness (QED) is 0.330. The number of carboxylic acid groups (broad SMARTS) is 3. The highest BCUT2D eigenvalue weighted by atomic mass is 32.1. The van der Waals surface area contributed by atoms with Gasteiger partial charge in [0.05, 0.1) is 13.1 Å². The first-order valence-electron chi connectivity index (χ1n) is 11.1. The first-order valence-corrected chi connectivity index (χ1v) is 11.5. The molecule has 0 spiro atoms. The zero-order chi connectivity index (χ0) is 25.3. The molecular formula is C22H33N5O6S. The van der Waals surface area contributed by atoms with Crippen LogP contribution in [0.3, 0.4) is 0 Å². The number of carbonyl (C=O) groups is 3. The third-order valence-corrected chi connectivity index (χ3v) is 5.62. The summed E-state index contributed by atoms with van der Waals surface area (Å²) in [5.41, 5.74) is 1.75. The van der Waals surface area contributed by atoms with Gasteiger partial charge in [0.2, 0.25) is 0 Å². The largest absolute Gasteiger partial charge is 0.480 e. The van der Waals surface area contributed by atoms with Gasteiger partial charge in [-0.05, 0) is 50.2 Å². The molecule has 34 heavy (non-hydrogen) atoms. The lowest BCUT2D eigenvalue weighted by Crippen LogP contribution is -2.49. The van der Waals surface area contributed by atoms with E-state index in [1.807, 2.05) is 38.1 Å². The van der Waals surface area contributed by atoms with Crippen LogP contribution in [0.4, 0.5) is 10.5 Å². The Morgan fingerprint density at radius 1 is 1.00 bits per heavy atom. The highest BCUT2D eigenvalue weighted by Crippen LogP contribution is 2.16. The van der Waals surface area contributed by atoms with Crippen LogP contribution in [0.5, 0.6) is 0 Å². The molecule has 1 amide bonds. The standard InChI is InChI=1S/C22H33N5O6S/c1-15(2)23-21(34)24-17-5-3-16(4-6-17)11-18-12-25(13-19(28)29)7-8-26(22(32)33)9-10-27(18)14-20(30)31/h3-6,15,18H,7-14H2,1-2H3,(H,28,29)(H,30,31)(H,32,33)(H2,23,24,34). The summed E-state index contributed by atoms with van der Waals surface area (Å²) < 4.78 is 0. The Bertz CT molecular complexity index is 866. The van der Waals surface area contributed by atoms with Crippen molar-refractivity contribution in [2.24, 2.45) is 0 Å². The second-order valence-corrected chi connectivity index (χ2v) is 8.98. The third kappa shape index (κ3) is 9.49. The molecule has 1 unspecified atom stereocenters. The first-order chi connectivity index (χ1) is 16.0. The Labute approximate surface area is 204 Å². The summed E-state index contributed by atoms with van der Waals surface area (Å²) in [4.78, 5) is 39.1. The molecule has 1 heterocycles. The Morgan fingerprint density at radius 2 is 1.62 bits per heavy atom. The molecule has 1 aromatic carbocycles. The number of hydrogen-bond donors (Lipinski definition) is 5. The lowest BCUT2D eigenvalue weighted by Gasteiger charge is -2.33. The molecule has 0 aliphatic carbocycles. The minimum absolute atomic E-state index is 0.142. The number of anilines is 1. The van der Waals surface area contributed by atoms with Gasteiger partial charge < -0.3 is 30.9 Å². The van der Waals surface area contributed by atoms with Crippen LogP contribution >= 0.6 is 12.2 Å². The van der Waals surface area contributed by atoms with E-state index in [9.17, 15) is 29.7 Å². The van der Waals surface area contributed by atoms with Gasteiger partial charge in [0, 0.05) is 50.5 Å². The highest BCUT2D eigenvalue weighted by molar-refractivity contribution is 7.80. The Hall–Kier alpha value is -2.96. The van der Waals surface area contributed by atoms with E-state index in [1.54, 1.807) is 9.80 Å². The molecule has 5 N–H and O–H groups in total. The van der Waals surface area contributed by atoms with Crippen LogP contribution in [0.2, 0.25) is 0 Å². The molecule has 1 fully saturated rings. The van der Waals surface area contributed by atoms with Gasteiger partial charge in [0.25, 0.3) is 0 Å². The highest BCUT2D eigenvalue weighted by Gasteiger charge is 2.28. The fraction of sp³-hybridized carbons (Fsp3) is 0.545. The number of carboxylic acids is 2. The van der Waals surface area contributed by atoms with Crippen LogP contribution in [0.25, 0.3) is 0 Å². The molecule has 2 rings (SSSR count). The number of nitrogens with one attached hydrogen (secondary N) is 2. The number of amides is 1. The van der Waals surface area contributed by atoms with Crippen LogP contribution in [0.15, 0.2) is 24.3 Å². The fourth-order valence-electron chi connectivity index (χ4n) is 3.84. The van der Waals surface area contributed by atoms with Gasteiger partial charge in [-0.15, -0.1) is 0 Å². The van der Waals surface area contributed by atoms with Crippen molar-refractivity contribution in [3.8, 4) is 0 Å². The number of benzene rings is 1. The molecule has 0 bridgehead atoms. The zero-order valence-corrected chi connectivity index (χ0v) is 20.3. The van der Waals surface area contributed by atoms with Crippen LogP contribution in [0, 0.1) is 0 Å².